The van der Waals surface area contributed by atoms with E-state index < -0.39 is 16.9 Å². The zero-order chi connectivity index (χ0) is 24.8. The third-order valence-corrected chi connectivity index (χ3v) is 6.18. The van der Waals surface area contributed by atoms with Gasteiger partial charge in [0.2, 0.25) is 11.1 Å². The molecular weight excluding hydrogens is 480 g/mol. The topological polar surface area (TPSA) is 143 Å². The van der Waals surface area contributed by atoms with Gasteiger partial charge < -0.3 is 10.6 Å². The lowest BCUT2D eigenvalue weighted by Crippen LogP contribution is -2.32. The summed E-state index contributed by atoms with van der Waals surface area (Å²) in [6.45, 7) is 5.61. The molecule has 34 heavy (non-hydrogen) atoms. The molecule has 0 aliphatic heterocycles. The normalized spacial score (nSPS) is 11.8. The molecule has 2 aromatic carbocycles. The van der Waals surface area contributed by atoms with Gasteiger partial charge in [0, 0.05) is 28.4 Å². The number of nitrogens with zero attached hydrogens (tertiary/aromatic N) is 3. The third kappa shape index (κ3) is 6.33. The van der Waals surface area contributed by atoms with E-state index in [0.29, 0.717) is 21.7 Å². The number of hydrogen-bond donors (Lipinski definition) is 3. The van der Waals surface area contributed by atoms with Crippen LogP contribution in [0, 0.1) is 23.0 Å². The van der Waals surface area contributed by atoms with Crippen molar-refractivity contribution in [1.29, 1.82) is 0 Å². The van der Waals surface area contributed by atoms with Crippen LogP contribution in [0.15, 0.2) is 47.6 Å². The summed E-state index contributed by atoms with van der Waals surface area (Å²) in [4.78, 5) is 39.9. The average molecular weight is 503 g/mol. The Morgan fingerprint density at radius 3 is 2.68 bits per heavy atom. The van der Waals surface area contributed by atoms with E-state index >= 15 is 0 Å². The standard InChI is InChI=1S/C22H23ClN6O4S/c1-12(2)19(25-21(31)14-6-4-7-15(10-14)29(32)33)20-26-22(28-27-20)34-11-18(30)24-17-9-5-8-16(23)13(17)3/h4-10,12,19H,11H2,1-3H3,(H,24,30)(H,25,31)(H,26,27,28)/t19-/m1/s1. The van der Waals surface area contributed by atoms with Gasteiger partial charge in [0.05, 0.1) is 16.7 Å². The summed E-state index contributed by atoms with van der Waals surface area (Å²) in [5.41, 5.74) is 1.42. The predicted molar refractivity (Wildman–Crippen MR) is 130 cm³/mol. The number of H-pyrrole nitrogens is 1. The first-order valence-corrected chi connectivity index (χ1v) is 11.7. The predicted octanol–water partition coefficient (Wildman–Crippen LogP) is 4.53. The lowest BCUT2D eigenvalue weighted by molar-refractivity contribution is -0.384. The van der Waals surface area contributed by atoms with Crippen molar-refractivity contribution < 1.29 is 14.5 Å². The molecule has 1 atom stereocenters. The minimum atomic E-state index is -0.555. The number of thioether (sulfide) groups is 1. The Balaban J connectivity index is 1.63. The van der Waals surface area contributed by atoms with Crippen LogP contribution >= 0.6 is 23.4 Å². The van der Waals surface area contributed by atoms with E-state index in [2.05, 4.69) is 25.8 Å². The molecule has 0 spiro atoms. The number of benzene rings is 2. The van der Waals surface area contributed by atoms with Gasteiger partial charge in [-0.05, 0) is 36.6 Å². The van der Waals surface area contributed by atoms with Gasteiger partial charge >= 0.3 is 0 Å². The van der Waals surface area contributed by atoms with Gasteiger partial charge in [0.1, 0.15) is 5.82 Å². The average Bonchev–Trinajstić information content (AvgIpc) is 3.27. The van der Waals surface area contributed by atoms with Crippen molar-refractivity contribution in [2.45, 2.75) is 32.0 Å². The summed E-state index contributed by atoms with van der Waals surface area (Å²) in [5.74, 6) is -0.259. The SMILES string of the molecule is Cc1c(Cl)cccc1NC(=O)CSc1n[nH]c([C@H](NC(=O)c2cccc([N+](=O)[O-])c2)C(C)C)n1. The number of nitro groups is 1. The zero-order valence-electron chi connectivity index (χ0n) is 18.7. The number of aromatic amines is 1. The zero-order valence-corrected chi connectivity index (χ0v) is 20.2. The van der Waals surface area contributed by atoms with Crippen LogP contribution in [0.2, 0.25) is 5.02 Å². The van der Waals surface area contributed by atoms with E-state index in [4.69, 9.17) is 11.6 Å². The molecule has 3 rings (SSSR count). The fourth-order valence-electron chi connectivity index (χ4n) is 3.06. The molecule has 3 aromatic rings. The van der Waals surface area contributed by atoms with Crippen molar-refractivity contribution in [3.8, 4) is 0 Å². The van der Waals surface area contributed by atoms with Gasteiger partial charge in [0.25, 0.3) is 11.6 Å². The van der Waals surface area contributed by atoms with Crippen LogP contribution < -0.4 is 10.6 Å². The maximum atomic E-state index is 12.7. The Morgan fingerprint density at radius 1 is 1.24 bits per heavy atom. The minimum absolute atomic E-state index is 0.0532. The number of carbonyl (C=O) groups is 2. The van der Waals surface area contributed by atoms with Crippen molar-refractivity contribution in [3.63, 3.8) is 0 Å². The summed E-state index contributed by atoms with van der Waals surface area (Å²) >= 11 is 7.23. The highest BCUT2D eigenvalue weighted by Gasteiger charge is 2.24. The summed E-state index contributed by atoms with van der Waals surface area (Å²) < 4.78 is 0. The quantitative estimate of drug-likeness (QED) is 0.221. The van der Waals surface area contributed by atoms with Gasteiger partial charge in [-0.25, -0.2) is 4.98 Å². The Morgan fingerprint density at radius 2 is 1.97 bits per heavy atom. The van der Waals surface area contributed by atoms with E-state index in [-0.39, 0.29) is 28.8 Å². The van der Waals surface area contributed by atoms with Crippen LogP contribution in [0.4, 0.5) is 11.4 Å². The number of aromatic nitrogens is 3. The van der Waals surface area contributed by atoms with Gasteiger partial charge in [-0.1, -0.05) is 49.3 Å². The van der Waals surface area contributed by atoms with Gasteiger partial charge in [0.15, 0.2) is 0 Å². The molecule has 0 saturated heterocycles. The van der Waals surface area contributed by atoms with E-state index in [0.717, 1.165) is 17.3 Å². The maximum Gasteiger partial charge on any atom is 0.270 e. The fraction of sp³-hybridized carbons (Fsp3) is 0.273. The molecule has 0 radical (unpaired) electrons. The smallest absolute Gasteiger partial charge is 0.270 e. The number of halogens is 1. The first-order chi connectivity index (χ1) is 16.2. The molecule has 0 aliphatic rings. The highest BCUT2D eigenvalue weighted by Crippen LogP contribution is 2.25. The Labute approximate surface area is 205 Å². The van der Waals surface area contributed by atoms with Gasteiger partial charge in [-0.15, -0.1) is 5.10 Å². The van der Waals surface area contributed by atoms with Crippen molar-refractivity contribution >= 4 is 46.6 Å². The summed E-state index contributed by atoms with van der Waals surface area (Å²) in [5, 5.41) is 24.5. The monoisotopic (exact) mass is 502 g/mol. The van der Waals surface area contributed by atoms with Crippen LogP contribution in [0.25, 0.3) is 0 Å². The lowest BCUT2D eigenvalue weighted by atomic mass is 10.0. The number of hydrogen-bond acceptors (Lipinski definition) is 7. The van der Waals surface area contributed by atoms with Crippen LogP contribution in [0.5, 0.6) is 0 Å². The molecule has 0 unspecified atom stereocenters. The molecule has 3 N–H and O–H groups in total. The molecule has 1 aromatic heterocycles. The second kappa shape index (κ2) is 11.1. The van der Waals surface area contributed by atoms with Crippen LogP contribution in [0.1, 0.15) is 41.6 Å². The molecule has 12 heteroatoms. The van der Waals surface area contributed by atoms with E-state index in [1.165, 1.54) is 24.3 Å². The largest absolute Gasteiger partial charge is 0.342 e. The number of carbonyl (C=O) groups excluding carboxylic acids is 2. The number of amides is 2. The first kappa shape index (κ1) is 25.2. The van der Waals surface area contributed by atoms with Crippen molar-refractivity contribution in [2.75, 3.05) is 11.1 Å². The Bertz CT molecular complexity index is 1220. The summed E-state index contributed by atoms with van der Waals surface area (Å²) in [6, 6.07) is 10.3. The molecule has 1 heterocycles. The molecule has 0 aliphatic carbocycles. The van der Waals surface area contributed by atoms with Crippen molar-refractivity contribution in [1.82, 2.24) is 20.5 Å². The Hall–Kier alpha value is -3.44. The highest BCUT2D eigenvalue weighted by atomic mass is 35.5. The number of non-ortho nitro benzene ring substituents is 1. The Kier molecular flexibility index (Phi) is 8.24. The maximum absolute atomic E-state index is 12.7. The van der Waals surface area contributed by atoms with E-state index in [1.54, 1.807) is 18.2 Å². The first-order valence-electron chi connectivity index (χ1n) is 10.3. The molecule has 0 saturated carbocycles. The molecule has 2 amide bonds. The van der Waals surface area contributed by atoms with Crippen molar-refractivity contribution in [2.24, 2.45) is 5.92 Å². The van der Waals surface area contributed by atoms with Crippen LogP contribution in [0.3, 0.4) is 0 Å². The van der Waals surface area contributed by atoms with E-state index in [9.17, 15) is 19.7 Å². The van der Waals surface area contributed by atoms with E-state index in [1.807, 2.05) is 20.8 Å². The summed E-state index contributed by atoms with van der Waals surface area (Å²) in [7, 11) is 0. The van der Waals surface area contributed by atoms with Crippen molar-refractivity contribution in [3.05, 3.63) is 74.6 Å². The van der Waals surface area contributed by atoms with Crippen LogP contribution in [-0.4, -0.2) is 37.7 Å². The number of anilines is 1. The minimum Gasteiger partial charge on any atom is -0.342 e. The number of nitro benzene ring substituents is 1. The highest BCUT2D eigenvalue weighted by molar-refractivity contribution is 7.99. The second-order valence-corrected chi connectivity index (χ2v) is 9.10. The molecule has 0 fully saturated rings. The molecule has 10 nitrogen and oxygen atoms in total. The number of nitrogens with one attached hydrogen (secondary N) is 3. The molecular formula is C22H23ClN6O4S. The fourth-order valence-corrected chi connectivity index (χ4v) is 3.84. The van der Waals surface area contributed by atoms with Crippen LogP contribution in [-0.2, 0) is 4.79 Å². The lowest BCUT2D eigenvalue weighted by Gasteiger charge is -2.19. The second-order valence-electron chi connectivity index (χ2n) is 7.76. The molecule has 178 valence electrons. The number of rotatable bonds is 9. The summed E-state index contributed by atoms with van der Waals surface area (Å²) in [6.07, 6.45) is 0. The molecule has 0 bridgehead atoms. The van der Waals surface area contributed by atoms with Gasteiger partial charge in [-0.3, -0.25) is 24.8 Å². The third-order valence-electron chi connectivity index (χ3n) is 4.92. The van der Waals surface area contributed by atoms with Gasteiger partial charge in [-0.2, -0.15) is 0 Å².